The number of aromatic amines is 1. The van der Waals surface area contributed by atoms with Crippen LogP contribution in [0.25, 0.3) is 11.2 Å². The first-order chi connectivity index (χ1) is 16.7. The predicted molar refractivity (Wildman–Crippen MR) is 111 cm³/mol. The third-order valence-electron chi connectivity index (χ3n) is 4.04. The molecule has 0 spiro atoms. The number of halogens is 1. The monoisotopic (exact) mass is 583 g/mol. The van der Waals surface area contributed by atoms with E-state index >= 15 is 0 Å². The van der Waals surface area contributed by atoms with Crippen molar-refractivity contribution >= 4 is 52.2 Å². The van der Waals surface area contributed by atoms with E-state index < -0.39 is 65.6 Å². The molecule has 2 aromatic heterocycles. The molecule has 3 unspecified atom stereocenters. The zero-order valence-corrected chi connectivity index (χ0v) is 19.8. The number of phosphoric ester groups is 1. The van der Waals surface area contributed by atoms with Crippen LogP contribution in [0.1, 0.15) is 8.97 Å². The van der Waals surface area contributed by atoms with Gasteiger partial charge in [-0.05, 0) is 17.5 Å². The van der Waals surface area contributed by atoms with Gasteiger partial charge in [-0.2, -0.15) is 13.6 Å². The van der Waals surface area contributed by atoms with Crippen LogP contribution in [0, 0.1) is 11.3 Å². The molecule has 3 heterocycles. The average Bonchev–Trinajstić information content (AvgIpc) is 3.18. The molecule has 19 nitrogen and oxygen atoms in total. The van der Waals surface area contributed by atoms with Crippen molar-refractivity contribution < 1.29 is 64.1 Å². The Hall–Kier alpha value is -1.71. The quantitative estimate of drug-likeness (QED) is 0.126. The summed E-state index contributed by atoms with van der Waals surface area (Å²) in [4.78, 5) is 57.8. The van der Waals surface area contributed by atoms with E-state index in [9.17, 15) is 38.5 Å². The molecule has 6 atom stereocenters. The van der Waals surface area contributed by atoms with Crippen molar-refractivity contribution in [2.75, 3.05) is 12.3 Å². The second-order valence-electron chi connectivity index (χ2n) is 6.47. The number of hydrogen-bond acceptors (Lipinski definition) is 13. The van der Waals surface area contributed by atoms with E-state index in [4.69, 9.17) is 34.6 Å². The summed E-state index contributed by atoms with van der Waals surface area (Å²) in [6.07, 6.45) is -6.06. The van der Waals surface area contributed by atoms with Gasteiger partial charge in [0.25, 0.3) is 5.56 Å². The normalized spacial score (nSPS) is 29.5. The van der Waals surface area contributed by atoms with Gasteiger partial charge in [0.05, 0.1) is 15.6 Å². The number of rotatable bonds is 8. The highest BCUT2D eigenvalue weighted by Gasteiger charge is 2.57. The molecule has 0 aliphatic carbocycles. The van der Waals surface area contributed by atoms with Crippen molar-refractivity contribution in [3.63, 3.8) is 0 Å². The van der Waals surface area contributed by atoms with Gasteiger partial charge < -0.3 is 40.3 Å². The molecule has 23 heteroatoms. The summed E-state index contributed by atoms with van der Waals surface area (Å²) >= 11 is 5.36. The van der Waals surface area contributed by atoms with Crippen LogP contribution in [0.2, 0.25) is 0 Å². The summed E-state index contributed by atoms with van der Waals surface area (Å²) in [7, 11) is -17.8. The zero-order chi connectivity index (χ0) is 28.2. The number of anilines is 1. The second-order valence-corrected chi connectivity index (χ2v) is 11.0. The van der Waals surface area contributed by atoms with E-state index in [1.165, 1.54) is 0 Å². The minimum absolute atomic E-state index is 0.340. The molecular weight excluding hydrogens is 567 g/mol. The maximum atomic E-state index is 12.1. The zero-order valence-electron chi connectivity index (χ0n) is 18.4. The number of aliphatic hydroxyl groups is 2. The first-order valence-electron chi connectivity index (χ1n) is 9.47. The Morgan fingerprint density at radius 2 is 1.97 bits per heavy atom. The lowest BCUT2D eigenvalue weighted by Gasteiger charge is -2.26. The van der Waals surface area contributed by atoms with Crippen molar-refractivity contribution in [2.24, 2.45) is 0 Å². The number of nitrogen functional groups attached to an aromatic ring is 1. The molecule has 1 saturated heterocycles. The van der Waals surface area contributed by atoms with E-state index in [1.807, 2.05) is 5.92 Å². The Morgan fingerprint density at radius 1 is 1.31 bits per heavy atom. The largest absolute Gasteiger partial charge is 0.490 e. The molecule has 35 heavy (non-hydrogen) atoms. The van der Waals surface area contributed by atoms with Crippen LogP contribution >= 0.6 is 35.1 Å². The lowest BCUT2D eigenvalue weighted by molar-refractivity contribution is -0.0718. The van der Waals surface area contributed by atoms with Gasteiger partial charge in [0.1, 0.15) is 12.2 Å². The molecule has 1 aliphatic heterocycles. The summed E-state index contributed by atoms with van der Waals surface area (Å²) in [5.74, 6) is 1.55. The Balaban J connectivity index is 1.99. The number of nitrogens with one attached hydrogen (secondary N) is 1. The van der Waals surface area contributed by atoms with Crippen LogP contribution in [0.4, 0.5) is 5.95 Å². The topological polar surface area (TPSA) is 299 Å². The number of fused-ring (bicyclic) bond motifs is 1. The van der Waals surface area contributed by atoms with Gasteiger partial charge in [-0.15, -0.1) is 0 Å². The van der Waals surface area contributed by atoms with Crippen LogP contribution < -0.4 is 11.3 Å². The first-order valence-corrected chi connectivity index (χ1v) is 13.4. The minimum atomic E-state index is -6.07. The third kappa shape index (κ3) is 6.17. The minimum Gasteiger partial charge on any atom is -0.386 e. The highest BCUT2D eigenvalue weighted by atomic mass is 35.5. The van der Waals surface area contributed by atoms with Crippen molar-refractivity contribution in [1.82, 2.24) is 19.5 Å². The third-order valence-corrected chi connectivity index (χ3v) is 7.80. The first kappa shape index (κ1) is 25.0. The number of imidazole rings is 1. The summed E-state index contributed by atoms with van der Waals surface area (Å²) in [5.41, 5.74) is 1.14. The molecule has 0 saturated carbocycles. The van der Waals surface area contributed by atoms with E-state index in [-0.39, 0.29) is 11.2 Å². The highest BCUT2D eigenvalue weighted by molar-refractivity contribution is 7.66. The van der Waals surface area contributed by atoms with Crippen molar-refractivity contribution in [3.05, 3.63) is 16.7 Å². The van der Waals surface area contributed by atoms with Crippen molar-refractivity contribution in [2.45, 2.75) is 24.0 Å². The number of H-pyrrole nitrogens is 1. The molecule has 3 rings (SSSR count). The van der Waals surface area contributed by atoms with Gasteiger partial charge in [0.15, 0.2) is 17.4 Å². The number of phosphoric acid groups is 3. The maximum Gasteiger partial charge on any atom is 0.490 e. The van der Waals surface area contributed by atoms with Crippen LogP contribution in [-0.2, 0) is 31.6 Å². The molecule has 0 amide bonds. The molecule has 0 bridgehead atoms. The number of hydrogen-bond donors (Lipinski definition) is 8. The summed E-state index contributed by atoms with van der Waals surface area (Å²) < 4.78 is 67.5. The van der Waals surface area contributed by atoms with Gasteiger partial charge >= 0.3 is 23.5 Å². The highest BCUT2D eigenvalue weighted by Crippen LogP contribution is 2.66. The SMILES string of the molecule is [2H]C([2H])(OP(=O)(O)OP(=O)(O)OP(=O)(O)O)[C@H]1O[C@@H](n2cnc3c(=O)[nH]c(N)nc32)C(O)(C#CCl)[C@H]1O. The van der Waals surface area contributed by atoms with Crippen LogP contribution in [0.5, 0.6) is 0 Å². The lowest BCUT2D eigenvalue weighted by Crippen LogP contribution is -2.46. The fourth-order valence-electron chi connectivity index (χ4n) is 2.80. The molecule has 2 aromatic rings. The van der Waals surface area contributed by atoms with Crippen LogP contribution in [-0.4, -0.2) is 73.7 Å². The number of aliphatic hydroxyl groups excluding tert-OH is 1. The van der Waals surface area contributed by atoms with E-state index in [0.29, 0.717) is 0 Å². The van der Waals surface area contributed by atoms with Gasteiger partial charge in [0, 0.05) is 5.38 Å². The van der Waals surface area contributed by atoms with Crippen LogP contribution in [0.3, 0.4) is 0 Å². The molecule has 0 radical (unpaired) electrons. The molecular formula is C12H15ClN5O14P3. The van der Waals surface area contributed by atoms with E-state index in [2.05, 4.69) is 28.1 Å². The second kappa shape index (κ2) is 9.63. The number of nitrogens with zero attached hydrogens (tertiary/aromatic N) is 3. The average molecular weight is 584 g/mol. The molecule has 0 aromatic carbocycles. The molecule has 9 N–H and O–H groups in total. The summed E-state index contributed by atoms with van der Waals surface area (Å²) in [5, 5.41) is 23.4. The Bertz CT molecular complexity index is 1490. The Labute approximate surface area is 200 Å². The molecule has 194 valence electrons. The van der Waals surface area contributed by atoms with Gasteiger partial charge in [0.2, 0.25) is 11.5 Å². The lowest BCUT2D eigenvalue weighted by atomic mass is 9.95. The molecule has 1 aliphatic rings. The summed E-state index contributed by atoms with van der Waals surface area (Å²) in [6.45, 7) is -3.69. The van der Waals surface area contributed by atoms with Gasteiger partial charge in [-0.25, -0.2) is 18.7 Å². The number of ether oxygens (including phenoxy) is 1. The molecule has 1 fully saturated rings. The van der Waals surface area contributed by atoms with Crippen molar-refractivity contribution in [3.8, 4) is 11.3 Å². The van der Waals surface area contributed by atoms with Crippen LogP contribution in [0.15, 0.2) is 11.1 Å². The number of aromatic nitrogens is 4. The van der Waals surface area contributed by atoms with Crippen molar-refractivity contribution in [1.29, 1.82) is 0 Å². The predicted octanol–water partition coefficient (Wildman–Crippen LogP) is -1.77. The van der Waals surface area contributed by atoms with Gasteiger partial charge in [-0.3, -0.25) is 18.9 Å². The fraction of sp³-hybridized carbons (Fsp3) is 0.417. The van der Waals surface area contributed by atoms with E-state index in [0.717, 1.165) is 10.9 Å². The maximum absolute atomic E-state index is 12.1. The smallest absolute Gasteiger partial charge is 0.386 e. The van der Waals surface area contributed by atoms with Gasteiger partial charge in [-0.1, -0.05) is 0 Å². The number of nitrogens with two attached hydrogens (primary N) is 1. The Morgan fingerprint density at radius 3 is 2.57 bits per heavy atom. The van der Waals surface area contributed by atoms with E-state index in [1.54, 1.807) is 5.38 Å². The Kier molecular flexibility index (Phi) is 6.87. The fourth-order valence-corrected chi connectivity index (χ4v) is 5.83. The summed E-state index contributed by atoms with van der Waals surface area (Å²) in [6, 6.07) is 0. The standard InChI is InChI=1S/C12H15ClN5O14P3/c13-2-1-12(21)7(19)5(3-29-34(25,26)32-35(27,28)31-33(22,23)24)30-10(12)18-4-15-6-8(18)16-11(14)17-9(6)20/h4-5,7,10,19,21H,3H2,(H,25,26)(H,27,28)(H2,22,23,24)(H3,14,16,17,20)/t5-,7+,10-,12?/m1/s1/i3D2.